The van der Waals surface area contributed by atoms with Crippen molar-refractivity contribution in [2.45, 2.75) is 84.0 Å². The molecule has 3 aliphatic carbocycles. The van der Waals surface area contributed by atoms with E-state index in [1.165, 1.54) is 37.8 Å². The van der Waals surface area contributed by atoms with E-state index in [1.54, 1.807) is 0 Å². The average Bonchev–Trinajstić information content (AvgIpc) is 2.85. The van der Waals surface area contributed by atoms with Crippen LogP contribution in [0.2, 0.25) is 0 Å². The highest BCUT2D eigenvalue weighted by atomic mass is 16.5. The molecule has 184 valence electrons. The van der Waals surface area contributed by atoms with Crippen molar-refractivity contribution in [2.75, 3.05) is 44.2 Å². The Balaban J connectivity index is 1.16. The second kappa shape index (κ2) is 11.1. The molecular formula is C28H44N2O3. The van der Waals surface area contributed by atoms with Crippen LogP contribution < -0.4 is 9.64 Å². The lowest BCUT2D eigenvalue weighted by Crippen LogP contribution is -2.54. The fraction of sp³-hybridized carbons (Fsp3) is 0.750. The number of hydrogen-bond acceptors (Lipinski definition) is 4. The zero-order chi connectivity index (χ0) is 23.2. The van der Waals surface area contributed by atoms with Crippen molar-refractivity contribution in [2.24, 2.45) is 10.8 Å². The molecule has 5 nitrogen and oxygen atoms in total. The summed E-state index contributed by atoms with van der Waals surface area (Å²) in [6.45, 7) is 8.55. The van der Waals surface area contributed by atoms with Gasteiger partial charge in [-0.3, -0.25) is 9.69 Å². The van der Waals surface area contributed by atoms with Gasteiger partial charge in [0.1, 0.15) is 5.75 Å². The van der Waals surface area contributed by atoms with Gasteiger partial charge in [-0.05, 0) is 74.6 Å². The number of carboxylic acid groups (broad SMARTS) is 1. The Hall–Kier alpha value is -1.75. The molecule has 0 amide bonds. The first-order chi connectivity index (χ1) is 16.0. The zero-order valence-electron chi connectivity index (χ0n) is 20.7. The van der Waals surface area contributed by atoms with Gasteiger partial charge in [-0.1, -0.05) is 39.0 Å². The summed E-state index contributed by atoms with van der Waals surface area (Å²) in [6, 6.07) is 8.66. The SMILES string of the molecule is CCCCCCCCOc1ccc(N2CCN(CC34CCC(C(=O)O)(CC3)CC4)CC2)cc1. The van der Waals surface area contributed by atoms with Gasteiger partial charge in [-0.25, -0.2) is 0 Å². The molecule has 0 radical (unpaired) electrons. The molecule has 0 spiro atoms. The van der Waals surface area contributed by atoms with Crippen molar-refractivity contribution in [3.05, 3.63) is 24.3 Å². The number of rotatable bonds is 12. The van der Waals surface area contributed by atoms with Crippen LogP contribution in [0.3, 0.4) is 0 Å². The maximum Gasteiger partial charge on any atom is 0.309 e. The van der Waals surface area contributed by atoms with Crippen molar-refractivity contribution in [3.63, 3.8) is 0 Å². The van der Waals surface area contributed by atoms with Crippen LogP contribution in [0.1, 0.15) is 84.0 Å². The highest BCUT2D eigenvalue weighted by molar-refractivity contribution is 5.75. The minimum atomic E-state index is -0.553. The first-order valence-electron chi connectivity index (χ1n) is 13.5. The summed E-state index contributed by atoms with van der Waals surface area (Å²) >= 11 is 0. The molecule has 4 fully saturated rings. The van der Waals surface area contributed by atoms with Gasteiger partial charge in [0.2, 0.25) is 0 Å². The number of carbonyl (C=O) groups is 1. The van der Waals surface area contributed by atoms with Crippen molar-refractivity contribution in [1.82, 2.24) is 4.90 Å². The van der Waals surface area contributed by atoms with Crippen LogP contribution in [0.15, 0.2) is 24.3 Å². The molecule has 2 bridgehead atoms. The number of hydrogen-bond donors (Lipinski definition) is 1. The Morgan fingerprint density at radius 1 is 0.879 bits per heavy atom. The van der Waals surface area contributed by atoms with Gasteiger partial charge < -0.3 is 14.7 Å². The molecule has 5 rings (SSSR count). The van der Waals surface area contributed by atoms with E-state index in [1.807, 2.05) is 0 Å². The van der Waals surface area contributed by atoms with E-state index in [0.717, 1.165) is 90.0 Å². The van der Waals surface area contributed by atoms with Crippen molar-refractivity contribution in [3.8, 4) is 5.75 Å². The first kappa shape index (κ1) is 24.4. The highest BCUT2D eigenvalue weighted by Crippen LogP contribution is 2.57. The number of carboxylic acids is 1. The number of unbranched alkanes of at least 4 members (excludes halogenated alkanes) is 5. The lowest BCUT2D eigenvalue weighted by molar-refractivity contribution is -0.159. The number of nitrogens with zero attached hydrogens (tertiary/aromatic N) is 2. The molecule has 1 aromatic rings. The maximum absolute atomic E-state index is 11.7. The summed E-state index contributed by atoms with van der Waals surface area (Å²) in [5.74, 6) is 0.431. The van der Waals surface area contributed by atoms with Crippen molar-refractivity contribution >= 4 is 11.7 Å². The predicted octanol–water partition coefficient (Wildman–Crippen LogP) is 5.97. The third-order valence-corrected chi connectivity index (χ3v) is 8.76. The smallest absolute Gasteiger partial charge is 0.309 e. The number of ether oxygens (including phenoxy) is 1. The van der Waals surface area contributed by atoms with Crippen LogP contribution in [-0.2, 0) is 4.79 Å². The summed E-state index contributed by atoms with van der Waals surface area (Å²) in [5, 5.41) is 9.64. The lowest BCUT2D eigenvalue weighted by atomic mass is 9.53. The van der Waals surface area contributed by atoms with Crippen LogP contribution in [-0.4, -0.2) is 55.3 Å². The van der Waals surface area contributed by atoms with Gasteiger partial charge in [0.05, 0.1) is 12.0 Å². The highest BCUT2D eigenvalue weighted by Gasteiger charge is 2.52. The van der Waals surface area contributed by atoms with Crippen LogP contribution in [0, 0.1) is 10.8 Å². The zero-order valence-corrected chi connectivity index (χ0v) is 20.7. The van der Waals surface area contributed by atoms with E-state index in [4.69, 9.17) is 4.74 Å². The van der Waals surface area contributed by atoms with Crippen molar-refractivity contribution in [1.29, 1.82) is 0 Å². The van der Waals surface area contributed by atoms with Gasteiger partial charge in [0.25, 0.3) is 0 Å². The Morgan fingerprint density at radius 3 is 2.09 bits per heavy atom. The second-order valence-electron chi connectivity index (χ2n) is 11.0. The monoisotopic (exact) mass is 456 g/mol. The Kier molecular flexibility index (Phi) is 8.21. The van der Waals surface area contributed by atoms with E-state index in [9.17, 15) is 9.90 Å². The maximum atomic E-state index is 11.7. The summed E-state index contributed by atoms with van der Waals surface area (Å²) in [4.78, 5) is 16.8. The molecule has 1 N–H and O–H groups in total. The normalized spacial score (nSPS) is 27.6. The Morgan fingerprint density at radius 2 is 1.48 bits per heavy atom. The molecule has 0 atom stereocenters. The van der Waals surface area contributed by atoms with Gasteiger partial charge in [-0.15, -0.1) is 0 Å². The summed E-state index contributed by atoms with van der Waals surface area (Å²) in [5.41, 5.74) is 1.26. The molecule has 0 unspecified atom stereocenters. The molecule has 4 aliphatic rings. The quantitative estimate of drug-likeness (QED) is 0.393. The molecule has 1 aliphatic heterocycles. The number of aliphatic carboxylic acids is 1. The summed E-state index contributed by atoms with van der Waals surface area (Å²) in [6.07, 6.45) is 13.7. The van der Waals surface area contributed by atoms with E-state index in [2.05, 4.69) is 41.0 Å². The van der Waals surface area contributed by atoms with E-state index < -0.39 is 11.4 Å². The lowest BCUT2D eigenvalue weighted by Gasteiger charge is -2.53. The van der Waals surface area contributed by atoms with E-state index in [-0.39, 0.29) is 0 Å². The van der Waals surface area contributed by atoms with Crippen LogP contribution in [0.25, 0.3) is 0 Å². The van der Waals surface area contributed by atoms with Crippen molar-refractivity contribution < 1.29 is 14.6 Å². The third kappa shape index (κ3) is 6.03. The van der Waals surface area contributed by atoms with Gasteiger partial charge >= 0.3 is 5.97 Å². The molecule has 0 aromatic heterocycles. The second-order valence-corrected chi connectivity index (χ2v) is 11.0. The molecule has 5 heteroatoms. The Bertz CT molecular complexity index is 730. The molecule has 1 saturated heterocycles. The topological polar surface area (TPSA) is 53.0 Å². The fourth-order valence-electron chi connectivity index (χ4n) is 6.29. The minimum absolute atomic E-state index is 0.369. The first-order valence-corrected chi connectivity index (χ1v) is 13.5. The number of benzene rings is 1. The van der Waals surface area contributed by atoms with Gasteiger partial charge in [-0.2, -0.15) is 0 Å². The predicted molar refractivity (Wildman–Crippen MR) is 134 cm³/mol. The minimum Gasteiger partial charge on any atom is -0.494 e. The molecule has 33 heavy (non-hydrogen) atoms. The largest absolute Gasteiger partial charge is 0.494 e. The number of anilines is 1. The molecular weight excluding hydrogens is 412 g/mol. The fourth-order valence-corrected chi connectivity index (χ4v) is 6.29. The Labute approximate surface area is 200 Å². The number of fused-ring (bicyclic) bond motifs is 3. The average molecular weight is 457 g/mol. The molecule has 1 aromatic carbocycles. The van der Waals surface area contributed by atoms with E-state index in [0.29, 0.717) is 5.41 Å². The molecule has 1 heterocycles. The van der Waals surface area contributed by atoms with E-state index >= 15 is 0 Å². The standard InChI is InChI=1S/C28H44N2O3/c1-2-3-4-5-6-7-22-33-25-10-8-24(9-11-25)30-20-18-29(19-21-30)23-27-12-15-28(16-13-27,17-14-27)26(31)32/h8-11H,2-7,12-23H2,1H3,(H,31,32). The summed E-state index contributed by atoms with van der Waals surface area (Å²) in [7, 11) is 0. The van der Waals surface area contributed by atoms with Crippen LogP contribution in [0.4, 0.5) is 5.69 Å². The van der Waals surface area contributed by atoms with Crippen LogP contribution in [0.5, 0.6) is 5.75 Å². The summed E-state index contributed by atoms with van der Waals surface area (Å²) < 4.78 is 5.94. The third-order valence-electron chi connectivity index (χ3n) is 8.76. The number of piperazine rings is 1. The van der Waals surface area contributed by atoms with Gasteiger partial charge in [0.15, 0.2) is 0 Å². The molecule has 3 saturated carbocycles. The van der Waals surface area contributed by atoms with Gasteiger partial charge in [0, 0.05) is 38.4 Å². The van der Waals surface area contributed by atoms with Crippen LogP contribution >= 0.6 is 0 Å².